The van der Waals surface area contributed by atoms with Crippen LogP contribution in [0.4, 0.5) is 0 Å². The van der Waals surface area contributed by atoms with Gasteiger partial charge in [-0.1, -0.05) is 67.1 Å². The van der Waals surface area contributed by atoms with Crippen LogP contribution >= 0.6 is 0 Å². The average Bonchev–Trinajstić information content (AvgIpc) is 2.98. The summed E-state index contributed by atoms with van der Waals surface area (Å²) in [6, 6.07) is 8.90. The monoisotopic (exact) mass is 234 g/mol. The lowest BCUT2D eigenvalue weighted by molar-refractivity contribution is 0.0801. The zero-order valence-corrected chi connectivity index (χ0v) is 10.5. The molecule has 1 atom stereocenters. The molecular weight excluding hydrogens is 216 g/mol. The van der Waals surface area contributed by atoms with Crippen LogP contribution in [0.2, 0.25) is 0 Å². The maximum atomic E-state index is 2.45. The quantitative estimate of drug-likeness (QED) is 0.695. The first-order valence-corrected chi connectivity index (χ1v) is 7.02. The molecule has 1 aromatic rings. The predicted octanol–water partition coefficient (Wildman–Crippen LogP) is 4.71. The van der Waals surface area contributed by atoms with Crippen LogP contribution in [0.1, 0.15) is 36.3 Å². The van der Waals surface area contributed by atoms with Crippen LogP contribution in [0, 0.1) is 11.3 Å². The average molecular weight is 234 g/mol. The molecule has 0 amide bonds. The molecule has 3 aliphatic rings. The van der Waals surface area contributed by atoms with Gasteiger partial charge >= 0.3 is 0 Å². The molecule has 0 radical (unpaired) electrons. The van der Waals surface area contributed by atoms with Crippen LogP contribution in [0.3, 0.4) is 0 Å². The molecule has 0 aliphatic heterocycles. The van der Waals surface area contributed by atoms with E-state index in [0.717, 1.165) is 0 Å². The second kappa shape index (κ2) is 3.71. The van der Waals surface area contributed by atoms with E-state index in [1.54, 1.807) is 5.56 Å². The highest BCUT2D eigenvalue weighted by molar-refractivity contribution is 5.63. The molecule has 0 aromatic heterocycles. The van der Waals surface area contributed by atoms with E-state index in [1.807, 2.05) is 0 Å². The smallest absolute Gasteiger partial charge is 0.00923 e. The normalized spacial score (nSPS) is 27.4. The molecule has 0 spiro atoms. The van der Waals surface area contributed by atoms with E-state index >= 15 is 0 Å². The Bertz CT molecular complexity index is 543. The molecule has 1 aromatic carbocycles. The third-order valence-electron chi connectivity index (χ3n) is 5.12. The van der Waals surface area contributed by atoms with Crippen molar-refractivity contribution >= 4 is 6.08 Å². The molecule has 1 saturated carbocycles. The highest BCUT2D eigenvalue weighted by Gasteiger charge is 2.49. The number of hydrogen-bond donors (Lipinski definition) is 0. The fourth-order valence-corrected chi connectivity index (χ4v) is 4.00. The molecule has 3 aliphatic carbocycles. The van der Waals surface area contributed by atoms with Gasteiger partial charge in [-0.2, -0.15) is 0 Å². The Morgan fingerprint density at radius 2 is 1.72 bits per heavy atom. The minimum Gasteiger partial charge on any atom is -0.0770 e. The van der Waals surface area contributed by atoms with Gasteiger partial charge in [-0.15, -0.1) is 0 Å². The van der Waals surface area contributed by atoms with E-state index in [2.05, 4.69) is 60.7 Å². The summed E-state index contributed by atoms with van der Waals surface area (Å²) >= 11 is 0. The lowest BCUT2D eigenvalue weighted by Gasteiger charge is -2.50. The third-order valence-corrected chi connectivity index (χ3v) is 5.12. The van der Waals surface area contributed by atoms with Crippen LogP contribution < -0.4 is 0 Å². The molecule has 0 heterocycles. The summed E-state index contributed by atoms with van der Waals surface area (Å²) in [5, 5.41) is 0. The van der Waals surface area contributed by atoms with Crippen LogP contribution in [0.5, 0.6) is 0 Å². The minimum atomic E-state index is 0.465. The Morgan fingerprint density at radius 1 is 0.944 bits per heavy atom. The molecular formula is C18H18. The largest absolute Gasteiger partial charge is 0.0770 e. The van der Waals surface area contributed by atoms with Gasteiger partial charge in [0.2, 0.25) is 0 Å². The standard InChI is InChI=1S/C18H18/c1-4-9-16-14(6-1)10-11-17(16)18(12-5-13-18)15-7-2-3-8-15/h1-4,6-11,15,17H,5,12-13H2. The van der Waals surface area contributed by atoms with Crippen LogP contribution in [-0.2, 0) is 0 Å². The molecule has 0 heteroatoms. The van der Waals surface area contributed by atoms with Crippen molar-refractivity contribution in [3.63, 3.8) is 0 Å². The summed E-state index contributed by atoms with van der Waals surface area (Å²) in [5.74, 6) is 1.27. The Labute approximate surface area is 109 Å². The number of hydrogen-bond acceptors (Lipinski definition) is 0. The molecule has 18 heavy (non-hydrogen) atoms. The van der Waals surface area contributed by atoms with E-state index in [-0.39, 0.29) is 0 Å². The Morgan fingerprint density at radius 3 is 2.44 bits per heavy atom. The molecule has 1 unspecified atom stereocenters. The molecule has 1 fully saturated rings. The van der Waals surface area contributed by atoms with Crippen molar-refractivity contribution in [3.8, 4) is 0 Å². The van der Waals surface area contributed by atoms with Gasteiger partial charge in [0.15, 0.2) is 0 Å². The number of rotatable bonds is 2. The first-order chi connectivity index (χ1) is 8.90. The minimum absolute atomic E-state index is 0.465. The Hall–Kier alpha value is -1.56. The molecule has 0 bridgehead atoms. The van der Waals surface area contributed by atoms with Gasteiger partial charge in [-0.25, -0.2) is 0 Å². The first-order valence-electron chi connectivity index (χ1n) is 7.02. The van der Waals surface area contributed by atoms with E-state index < -0.39 is 0 Å². The van der Waals surface area contributed by atoms with Gasteiger partial charge < -0.3 is 0 Å². The number of fused-ring (bicyclic) bond motifs is 1. The fraction of sp³-hybridized carbons (Fsp3) is 0.333. The van der Waals surface area contributed by atoms with Crippen molar-refractivity contribution in [1.82, 2.24) is 0 Å². The second-order valence-corrected chi connectivity index (χ2v) is 5.85. The number of benzene rings is 1. The second-order valence-electron chi connectivity index (χ2n) is 5.85. The Balaban J connectivity index is 1.77. The van der Waals surface area contributed by atoms with Gasteiger partial charge in [0.05, 0.1) is 0 Å². The molecule has 0 saturated heterocycles. The Kier molecular flexibility index (Phi) is 2.14. The summed E-state index contributed by atoms with van der Waals surface area (Å²) in [6.07, 6.45) is 18.1. The summed E-state index contributed by atoms with van der Waals surface area (Å²) < 4.78 is 0. The van der Waals surface area contributed by atoms with E-state index in [0.29, 0.717) is 17.3 Å². The SMILES string of the molecule is C1=CC(C2(C3C=Cc4ccccc43)CCC2)C=C1. The topological polar surface area (TPSA) is 0 Å². The summed E-state index contributed by atoms with van der Waals surface area (Å²) in [4.78, 5) is 0. The lowest BCUT2D eigenvalue weighted by atomic mass is 9.54. The van der Waals surface area contributed by atoms with Crippen molar-refractivity contribution < 1.29 is 0 Å². The van der Waals surface area contributed by atoms with Gasteiger partial charge in [-0.05, 0) is 29.4 Å². The maximum absolute atomic E-state index is 2.45. The van der Waals surface area contributed by atoms with Gasteiger partial charge in [-0.3, -0.25) is 0 Å². The third kappa shape index (κ3) is 1.26. The van der Waals surface area contributed by atoms with Crippen molar-refractivity contribution in [2.45, 2.75) is 25.2 Å². The molecule has 0 N–H and O–H groups in total. The predicted molar refractivity (Wildman–Crippen MR) is 76.3 cm³/mol. The molecule has 4 rings (SSSR count). The summed E-state index contributed by atoms with van der Waals surface area (Å²) in [7, 11) is 0. The zero-order chi connectivity index (χ0) is 12.0. The molecule has 0 nitrogen and oxygen atoms in total. The van der Waals surface area contributed by atoms with Crippen LogP contribution in [0.15, 0.2) is 54.6 Å². The highest BCUT2D eigenvalue weighted by Crippen LogP contribution is 2.60. The van der Waals surface area contributed by atoms with E-state index in [1.165, 1.54) is 24.8 Å². The van der Waals surface area contributed by atoms with Crippen molar-refractivity contribution in [1.29, 1.82) is 0 Å². The number of allylic oxidation sites excluding steroid dienone is 5. The highest BCUT2D eigenvalue weighted by atomic mass is 14.5. The zero-order valence-electron chi connectivity index (χ0n) is 10.5. The van der Waals surface area contributed by atoms with E-state index in [9.17, 15) is 0 Å². The van der Waals surface area contributed by atoms with Crippen LogP contribution in [0.25, 0.3) is 6.08 Å². The lowest BCUT2D eigenvalue weighted by Crippen LogP contribution is -2.40. The van der Waals surface area contributed by atoms with Crippen LogP contribution in [-0.4, -0.2) is 0 Å². The molecule has 90 valence electrons. The summed E-state index contributed by atoms with van der Waals surface area (Å²) in [6.45, 7) is 0. The van der Waals surface area contributed by atoms with Crippen molar-refractivity contribution in [2.75, 3.05) is 0 Å². The van der Waals surface area contributed by atoms with E-state index in [4.69, 9.17) is 0 Å². The first kappa shape index (κ1) is 10.4. The fourth-order valence-electron chi connectivity index (χ4n) is 4.00. The maximum Gasteiger partial charge on any atom is 0.00923 e. The van der Waals surface area contributed by atoms with Gasteiger partial charge in [0.25, 0.3) is 0 Å². The van der Waals surface area contributed by atoms with Crippen molar-refractivity contribution in [3.05, 3.63) is 65.8 Å². The van der Waals surface area contributed by atoms with Crippen molar-refractivity contribution in [2.24, 2.45) is 11.3 Å². The van der Waals surface area contributed by atoms with Gasteiger partial charge in [0, 0.05) is 11.8 Å². The summed E-state index contributed by atoms with van der Waals surface area (Å²) in [5.41, 5.74) is 3.44. The van der Waals surface area contributed by atoms with Gasteiger partial charge in [0.1, 0.15) is 0 Å².